The zero-order valence-electron chi connectivity index (χ0n) is 14.5. The Labute approximate surface area is 150 Å². The molecule has 0 saturated heterocycles. The molecule has 1 aromatic carbocycles. The van der Waals surface area contributed by atoms with Crippen LogP contribution in [0.25, 0.3) is 0 Å². The minimum Gasteiger partial charge on any atom is -0.443 e. The molecular weight excluding hydrogens is 347 g/mol. The molecule has 0 atom stereocenters. The Morgan fingerprint density at radius 3 is 2.64 bits per heavy atom. The second kappa shape index (κ2) is 7.65. The third-order valence-corrected chi connectivity index (χ3v) is 3.50. The summed E-state index contributed by atoms with van der Waals surface area (Å²) in [6.45, 7) is 7.46. The van der Waals surface area contributed by atoms with Crippen LogP contribution in [0.2, 0.25) is 5.15 Å². The largest absolute Gasteiger partial charge is 0.443 e. The first-order valence-corrected chi connectivity index (χ1v) is 8.03. The van der Waals surface area contributed by atoms with Gasteiger partial charge in [0, 0.05) is 0 Å². The SMILES string of the molecule is Cc1nn(Cc2ccc(F)cc2)c(Cl)c1C=NNC(=O)OC(C)(C)C. The zero-order chi connectivity index (χ0) is 18.6. The van der Waals surface area contributed by atoms with Crippen LogP contribution in [0.15, 0.2) is 29.4 Å². The van der Waals surface area contributed by atoms with Gasteiger partial charge in [0.2, 0.25) is 0 Å². The highest BCUT2D eigenvalue weighted by atomic mass is 35.5. The second-order valence-corrected chi connectivity index (χ2v) is 6.80. The summed E-state index contributed by atoms with van der Waals surface area (Å²) < 4.78 is 19.6. The summed E-state index contributed by atoms with van der Waals surface area (Å²) in [5, 5.41) is 8.56. The van der Waals surface area contributed by atoms with E-state index in [9.17, 15) is 9.18 Å². The first-order valence-electron chi connectivity index (χ1n) is 7.65. The first kappa shape index (κ1) is 18.9. The number of ether oxygens (including phenoxy) is 1. The van der Waals surface area contributed by atoms with E-state index in [1.807, 2.05) is 0 Å². The van der Waals surface area contributed by atoms with Crippen molar-refractivity contribution in [1.82, 2.24) is 15.2 Å². The molecule has 0 aliphatic rings. The number of aryl methyl sites for hydroxylation is 1. The van der Waals surface area contributed by atoms with E-state index in [1.54, 1.807) is 44.5 Å². The van der Waals surface area contributed by atoms with Crippen LogP contribution in [0.3, 0.4) is 0 Å². The van der Waals surface area contributed by atoms with Crippen LogP contribution in [-0.2, 0) is 11.3 Å². The van der Waals surface area contributed by atoms with Crippen molar-refractivity contribution in [3.8, 4) is 0 Å². The van der Waals surface area contributed by atoms with Gasteiger partial charge in [-0.2, -0.15) is 10.2 Å². The maximum Gasteiger partial charge on any atom is 0.428 e. The fraction of sp³-hybridized carbons (Fsp3) is 0.353. The van der Waals surface area contributed by atoms with E-state index in [1.165, 1.54) is 18.3 Å². The zero-order valence-corrected chi connectivity index (χ0v) is 15.3. The summed E-state index contributed by atoms with van der Waals surface area (Å²) in [5.74, 6) is -0.299. The van der Waals surface area contributed by atoms with Crippen molar-refractivity contribution in [2.75, 3.05) is 0 Å². The number of halogens is 2. The molecule has 8 heteroatoms. The van der Waals surface area contributed by atoms with E-state index < -0.39 is 11.7 Å². The summed E-state index contributed by atoms with van der Waals surface area (Å²) >= 11 is 6.32. The first-order chi connectivity index (χ1) is 11.7. The number of rotatable bonds is 4. The summed E-state index contributed by atoms with van der Waals surface area (Å²) in [4.78, 5) is 11.6. The smallest absolute Gasteiger partial charge is 0.428 e. The average Bonchev–Trinajstić information content (AvgIpc) is 2.75. The van der Waals surface area contributed by atoms with Crippen LogP contribution in [-0.4, -0.2) is 27.7 Å². The van der Waals surface area contributed by atoms with E-state index in [0.717, 1.165) is 5.56 Å². The minimum absolute atomic E-state index is 0.299. The molecule has 0 spiro atoms. The van der Waals surface area contributed by atoms with Gasteiger partial charge in [-0.1, -0.05) is 23.7 Å². The Bertz CT molecular complexity index is 779. The highest BCUT2D eigenvalue weighted by Gasteiger charge is 2.16. The van der Waals surface area contributed by atoms with Gasteiger partial charge in [-0.15, -0.1) is 0 Å². The molecular formula is C17H20ClFN4O2. The molecule has 0 aliphatic heterocycles. The summed E-state index contributed by atoms with van der Waals surface area (Å²) in [5.41, 5.74) is 3.77. The van der Waals surface area contributed by atoms with Crippen molar-refractivity contribution in [2.45, 2.75) is 39.8 Å². The lowest BCUT2D eigenvalue weighted by molar-refractivity contribution is 0.0529. The number of carbonyl (C=O) groups excluding carboxylic acids is 1. The minimum atomic E-state index is -0.656. The van der Waals surface area contributed by atoms with E-state index in [0.29, 0.717) is 23.0 Å². The van der Waals surface area contributed by atoms with Crippen LogP contribution < -0.4 is 5.43 Å². The lowest BCUT2D eigenvalue weighted by atomic mass is 10.2. The normalized spacial score (nSPS) is 11.8. The van der Waals surface area contributed by atoms with Crippen LogP contribution in [0.5, 0.6) is 0 Å². The molecule has 134 valence electrons. The Kier molecular flexibility index (Phi) is 5.79. The van der Waals surface area contributed by atoms with Crippen molar-refractivity contribution < 1.29 is 13.9 Å². The molecule has 25 heavy (non-hydrogen) atoms. The maximum absolute atomic E-state index is 13.0. The number of hydrogen-bond donors (Lipinski definition) is 1. The van der Waals surface area contributed by atoms with Gasteiger partial charge in [-0.3, -0.25) is 0 Å². The predicted octanol–water partition coefficient (Wildman–Crippen LogP) is 3.89. The van der Waals surface area contributed by atoms with Crippen LogP contribution >= 0.6 is 11.6 Å². The molecule has 0 fully saturated rings. The molecule has 0 saturated carbocycles. The molecule has 6 nitrogen and oxygen atoms in total. The van der Waals surface area contributed by atoms with Gasteiger partial charge < -0.3 is 4.74 Å². The molecule has 1 aromatic heterocycles. The number of hydrogen-bond acceptors (Lipinski definition) is 4. The predicted molar refractivity (Wildman–Crippen MR) is 94.4 cm³/mol. The lowest BCUT2D eigenvalue weighted by Gasteiger charge is -2.18. The standard InChI is InChI=1S/C17H20ClFN4O2/c1-11-14(9-20-21-16(24)25-17(2,3)4)15(18)23(22-11)10-12-5-7-13(19)8-6-12/h5-9H,10H2,1-4H3,(H,21,24). The lowest BCUT2D eigenvalue weighted by Crippen LogP contribution is -2.29. The van der Waals surface area contributed by atoms with Gasteiger partial charge in [-0.25, -0.2) is 19.3 Å². The Morgan fingerprint density at radius 1 is 1.40 bits per heavy atom. The van der Waals surface area contributed by atoms with Gasteiger partial charge in [0.15, 0.2) is 0 Å². The number of hydrazone groups is 1. The van der Waals surface area contributed by atoms with Crippen molar-refractivity contribution in [3.63, 3.8) is 0 Å². The number of amides is 1. The molecule has 2 rings (SSSR count). The number of nitrogens with zero attached hydrogens (tertiary/aromatic N) is 3. The topological polar surface area (TPSA) is 68.5 Å². The fourth-order valence-corrected chi connectivity index (χ4v) is 2.31. The maximum atomic E-state index is 13.0. The molecule has 2 aromatic rings. The van der Waals surface area contributed by atoms with Crippen molar-refractivity contribution in [2.24, 2.45) is 5.10 Å². The fourth-order valence-electron chi connectivity index (χ4n) is 2.03. The molecule has 1 N–H and O–H groups in total. The third kappa shape index (κ3) is 5.56. The second-order valence-electron chi connectivity index (χ2n) is 6.45. The van der Waals surface area contributed by atoms with Gasteiger partial charge >= 0.3 is 6.09 Å². The van der Waals surface area contributed by atoms with Crippen molar-refractivity contribution in [1.29, 1.82) is 0 Å². The van der Waals surface area contributed by atoms with E-state index in [2.05, 4.69) is 15.6 Å². The van der Waals surface area contributed by atoms with Crippen molar-refractivity contribution in [3.05, 3.63) is 52.1 Å². The Balaban J connectivity index is 2.07. The number of nitrogens with one attached hydrogen (secondary N) is 1. The Morgan fingerprint density at radius 2 is 2.04 bits per heavy atom. The van der Waals surface area contributed by atoms with Gasteiger partial charge in [0.1, 0.15) is 16.6 Å². The molecule has 1 amide bonds. The summed E-state index contributed by atoms with van der Waals surface area (Å²) in [6, 6.07) is 6.10. The Hall–Kier alpha value is -2.41. The van der Waals surface area contributed by atoms with Crippen LogP contribution in [0.1, 0.15) is 37.6 Å². The highest BCUT2D eigenvalue weighted by molar-refractivity contribution is 6.32. The van der Waals surface area contributed by atoms with Gasteiger partial charge in [0.25, 0.3) is 0 Å². The number of carbonyl (C=O) groups is 1. The molecule has 0 aliphatic carbocycles. The van der Waals surface area contributed by atoms with Crippen molar-refractivity contribution >= 4 is 23.9 Å². The third-order valence-electron chi connectivity index (χ3n) is 3.10. The van der Waals surface area contributed by atoms with Gasteiger partial charge in [-0.05, 0) is 45.4 Å². The van der Waals surface area contributed by atoms with E-state index in [4.69, 9.17) is 16.3 Å². The van der Waals surface area contributed by atoms with Crippen LogP contribution in [0.4, 0.5) is 9.18 Å². The average molecular weight is 367 g/mol. The van der Waals surface area contributed by atoms with Gasteiger partial charge in [0.05, 0.1) is 24.0 Å². The number of aromatic nitrogens is 2. The molecule has 0 unspecified atom stereocenters. The summed E-state index contributed by atoms with van der Waals surface area (Å²) in [7, 11) is 0. The molecule has 0 radical (unpaired) electrons. The monoisotopic (exact) mass is 366 g/mol. The highest BCUT2D eigenvalue weighted by Crippen LogP contribution is 2.19. The number of benzene rings is 1. The molecule has 1 heterocycles. The van der Waals surface area contributed by atoms with E-state index >= 15 is 0 Å². The van der Waals surface area contributed by atoms with E-state index in [-0.39, 0.29) is 5.82 Å². The molecule has 0 bridgehead atoms. The summed E-state index contributed by atoms with van der Waals surface area (Å²) in [6.07, 6.45) is 0.756. The quantitative estimate of drug-likeness (QED) is 0.659. The van der Waals surface area contributed by atoms with Crippen LogP contribution in [0, 0.1) is 12.7 Å².